The van der Waals surface area contributed by atoms with Crippen LogP contribution >= 0.6 is 0 Å². The van der Waals surface area contributed by atoms with Crippen LogP contribution < -0.4 is 5.32 Å². The van der Waals surface area contributed by atoms with E-state index in [0.29, 0.717) is 25.1 Å². The largest absolute Gasteiger partial charge is 0.508 e. The fourth-order valence-corrected chi connectivity index (χ4v) is 3.75. The predicted octanol–water partition coefficient (Wildman–Crippen LogP) is 0.786. The first-order chi connectivity index (χ1) is 13.5. The van der Waals surface area contributed by atoms with E-state index in [9.17, 15) is 19.5 Å². The van der Waals surface area contributed by atoms with Gasteiger partial charge in [-0.2, -0.15) is 0 Å². The van der Waals surface area contributed by atoms with Crippen molar-refractivity contribution in [2.75, 3.05) is 19.6 Å². The third kappa shape index (κ3) is 3.43. The van der Waals surface area contributed by atoms with Crippen LogP contribution in [0.15, 0.2) is 54.6 Å². The lowest BCUT2D eigenvalue weighted by atomic mass is 9.98. The summed E-state index contributed by atoms with van der Waals surface area (Å²) in [5.41, 5.74) is 1.43. The van der Waals surface area contributed by atoms with E-state index < -0.39 is 12.1 Å². The van der Waals surface area contributed by atoms with Gasteiger partial charge in [-0.1, -0.05) is 30.3 Å². The minimum Gasteiger partial charge on any atom is -0.508 e. The quantitative estimate of drug-likeness (QED) is 0.825. The zero-order chi connectivity index (χ0) is 19.7. The van der Waals surface area contributed by atoms with E-state index in [1.807, 2.05) is 6.07 Å². The van der Waals surface area contributed by atoms with Crippen LogP contribution in [0.5, 0.6) is 5.75 Å². The SMILES string of the molecule is O=C1N[C@@H](Cc2ccc(O)cc2)C(=O)N2CCN(C(=O)c3ccccc3)C[C@H]12. The lowest BCUT2D eigenvalue weighted by Gasteiger charge is -2.45. The number of phenolic OH excluding ortho intramolecular Hbond substituents is 1. The lowest BCUT2D eigenvalue weighted by molar-refractivity contribution is -0.152. The number of aromatic hydroxyl groups is 1. The molecule has 0 saturated carbocycles. The maximum absolute atomic E-state index is 12.9. The summed E-state index contributed by atoms with van der Waals surface area (Å²) in [6.07, 6.45) is 0.362. The van der Waals surface area contributed by atoms with E-state index in [4.69, 9.17) is 0 Å². The minimum absolute atomic E-state index is 0.133. The smallest absolute Gasteiger partial charge is 0.253 e. The second-order valence-corrected chi connectivity index (χ2v) is 7.10. The van der Waals surface area contributed by atoms with Crippen molar-refractivity contribution < 1.29 is 19.5 Å². The molecule has 0 aromatic heterocycles. The molecule has 144 valence electrons. The molecule has 2 saturated heterocycles. The van der Waals surface area contributed by atoms with Crippen molar-refractivity contribution in [2.45, 2.75) is 18.5 Å². The Morgan fingerprint density at radius 1 is 1.04 bits per heavy atom. The topological polar surface area (TPSA) is 89.9 Å². The van der Waals surface area contributed by atoms with Crippen molar-refractivity contribution in [3.63, 3.8) is 0 Å². The summed E-state index contributed by atoms with van der Waals surface area (Å²) < 4.78 is 0. The van der Waals surface area contributed by atoms with E-state index in [1.54, 1.807) is 58.3 Å². The third-order valence-corrected chi connectivity index (χ3v) is 5.26. The first-order valence-corrected chi connectivity index (χ1v) is 9.26. The van der Waals surface area contributed by atoms with Crippen molar-refractivity contribution in [3.8, 4) is 5.75 Å². The molecule has 28 heavy (non-hydrogen) atoms. The Hall–Kier alpha value is -3.35. The average Bonchev–Trinajstić information content (AvgIpc) is 2.73. The Kier molecular flexibility index (Phi) is 4.73. The number of fused-ring (bicyclic) bond motifs is 1. The maximum atomic E-state index is 12.9. The van der Waals surface area contributed by atoms with Crippen LogP contribution in [-0.2, 0) is 16.0 Å². The number of nitrogens with zero attached hydrogens (tertiary/aromatic N) is 2. The Morgan fingerprint density at radius 3 is 2.46 bits per heavy atom. The first-order valence-electron chi connectivity index (χ1n) is 9.26. The van der Waals surface area contributed by atoms with Crippen LogP contribution in [-0.4, -0.2) is 64.3 Å². The van der Waals surface area contributed by atoms with Crippen molar-refractivity contribution >= 4 is 17.7 Å². The van der Waals surface area contributed by atoms with Gasteiger partial charge in [0.2, 0.25) is 11.8 Å². The molecule has 3 amide bonds. The van der Waals surface area contributed by atoms with Gasteiger partial charge in [0.25, 0.3) is 5.91 Å². The molecule has 0 spiro atoms. The number of amides is 3. The summed E-state index contributed by atoms with van der Waals surface area (Å²) in [4.78, 5) is 41.4. The number of rotatable bonds is 3. The molecule has 2 aliphatic heterocycles. The van der Waals surface area contributed by atoms with Gasteiger partial charge in [0, 0.05) is 25.1 Å². The maximum Gasteiger partial charge on any atom is 0.253 e. The van der Waals surface area contributed by atoms with Gasteiger partial charge in [0.1, 0.15) is 17.8 Å². The number of carbonyl (C=O) groups is 3. The molecule has 0 bridgehead atoms. The predicted molar refractivity (Wildman–Crippen MR) is 102 cm³/mol. The Labute approximate surface area is 162 Å². The molecular weight excluding hydrogens is 358 g/mol. The number of carbonyl (C=O) groups excluding carboxylic acids is 3. The van der Waals surface area contributed by atoms with Crippen molar-refractivity contribution in [3.05, 3.63) is 65.7 Å². The molecule has 0 radical (unpaired) electrons. The molecule has 4 rings (SSSR count). The van der Waals surface area contributed by atoms with Crippen LogP contribution in [0.3, 0.4) is 0 Å². The molecule has 2 atom stereocenters. The number of hydrogen-bond donors (Lipinski definition) is 2. The Morgan fingerprint density at radius 2 is 1.75 bits per heavy atom. The summed E-state index contributed by atoms with van der Waals surface area (Å²) in [5.74, 6) is -0.354. The second-order valence-electron chi connectivity index (χ2n) is 7.10. The fourth-order valence-electron chi connectivity index (χ4n) is 3.75. The lowest BCUT2D eigenvalue weighted by Crippen LogP contribution is -2.70. The van der Waals surface area contributed by atoms with Gasteiger partial charge in [0.15, 0.2) is 0 Å². The van der Waals surface area contributed by atoms with Gasteiger partial charge in [-0.3, -0.25) is 14.4 Å². The highest BCUT2D eigenvalue weighted by molar-refractivity contribution is 5.99. The normalized spacial score (nSPS) is 21.9. The number of phenols is 1. The van der Waals surface area contributed by atoms with E-state index in [-0.39, 0.29) is 30.0 Å². The zero-order valence-electron chi connectivity index (χ0n) is 15.2. The molecular formula is C21H21N3O4. The monoisotopic (exact) mass is 379 g/mol. The van der Waals surface area contributed by atoms with Gasteiger partial charge in [0.05, 0.1) is 6.54 Å². The highest BCUT2D eigenvalue weighted by Gasteiger charge is 2.44. The molecule has 0 aliphatic carbocycles. The number of piperazine rings is 2. The minimum atomic E-state index is -0.662. The molecule has 2 fully saturated rings. The van der Waals surface area contributed by atoms with E-state index in [2.05, 4.69) is 5.32 Å². The number of hydrogen-bond acceptors (Lipinski definition) is 4. The van der Waals surface area contributed by atoms with Gasteiger partial charge in [-0.15, -0.1) is 0 Å². The van der Waals surface area contributed by atoms with Crippen molar-refractivity contribution in [2.24, 2.45) is 0 Å². The molecule has 0 unspecified atom stereocenters. The molecule has 2 aromatic rings. The highest BCUT2D eigenvalue weighted by Crippen LogP contribution is 2.20. The fraction of sp³-hybridized carbons (Fsp3) is 0.286. The second kappa shape index (κ2) is 7.34. The molecule has 2 aliphatic rings. The summed E-state index contributed by atoms with van der Waals surface area (Å²) in [7, 11) is 0. The van der Waals surface area contributed by atoms with E-state index in [0.717, 1.165) is 5.56 Å². The molecule has 2 heterocycles. The van der Waals surface area contributed by atoms with Gasteiger partial charge >= 0.3 is 0 Å². The van der Waals surface area contributed by atoms with Crippen LogP contribution in [0, 0.1) is 0 Å². The molecule has 2 N–H and O–H groups in total. The van der Waals surface area contributed by atoms with Gasteiger partial charge in [-0.05, 0) is 29.8 Å². The van der Waals surface area contributed by atoms with Gasteiger partial charge < -0.3 is 20.2 Å². The highest BCUT2D eigenvalue weighted by atomic mass is 16.3. The van der Waals surface area contributed by atoms with Crippen LogP contribution in [0.4, 0.5) is 0 Å². The number of benzene rings is 2. The summed E-state index contributed by atoms with van der Waals surface area (Å²) >= 11 is 0. The van der Waals surface area contributed by atoms with Crippen LogP contribution in [0.1, 0.15) is 15.9 Å². The number of nitrogens with one attached hydrogen (secondary N) is 1. The van der Waals surface area contributed by atoms with Gasteiger partial charge in [-0.25, -0.2) is 0 Å². The summed E-state index contributed by atoms with van der Waals surface area (Å²) in [5, 5.41) is 12.2. The zero-order valence-corrected chi connectivity index (χ0v) is 15.2. The standard InChI is InChI=1S/C21H21N3O4/c25-16-8-6-14(7-9-16)12-17-21(28)24-11-10-23(13-18(24)19(26)22-17)20(27)15-4-2-1-3-5-15/h1-9,17-18,25H,10-13H2,(H,22,26)/t17-,18+/m0/s1. The van der Waals surface area contributed by atoms with Crippen molar-refractivity contribution in [1.29, 1.82) is 0 Å². The van der Waals surface area contributed by atoms with Crippen molar-refractivity contribution in [1.82, 2.24) is 15.1 Å². The van der Waals surface area contributed by atoms with Crippen LogP contribution in [0.2, 0.25) is 0 Å². The first kappa shape index (κ1) is 18.0. The third-order valence-electron chi connectivity index (χ3n) is 5.26. The Balaban J connectivity index is 1.45. The average molecular weight is 379 g/mol. The summed E-state index contributed by atoms with van der Waals surface area (Å²) in [6, 6.07) is 14.2. The van der Waals surface area contributed by atoms with Crippen LogP contribution in [0.25, 0.3) is 0 Å². The summed E-state index contributed by atoms with van der Waals surface area (Å²) in [6.45, 7) is 0.925. The molecule has 7 nitrogen and oxygen atoms in total. The molecule has 7 heteroatoms. The van der Waals surface area contributed by atoms with E-state index in [1.165, 1.54) is 0 Å². The molecule has 2 aromatic carbocycles. The van der Waals surface area contributed by atoms with E-state index >= 15 is 0 Å². The Bertz CT molecular complexity index is 898.